The Labute approximate surface area is 172 Å². The third-order valence-corrected chi connectivity index (χ3v) is 5.56. The van der Waals surface area contributed by atoms with Crippen molar-refractivity contribution >= 4 is 39.7 Å². The van der Waals surface area contributed by atoms with Crippen LogP contribution in [0, 0.1) is 12.8 Å². The van der Waals surface area contributed by atoms with E-state index in [9.17, 15) is 13.2 Å². The number of anilines is 2. The molecule has 0 aliphatic carbocycles. The van der Waals surface area contributed by atoms with E-state index < -0.39 is 10.0 Å². The lowest BCUT2D eigenvalue weighted by molar-refractivity contribution is -0.119. The minimum Gasteiger partial charge on any atom is -0.495 e. The lowest BCUT2D eigenvalue weighted by Gasteiger charge is -2.15. The highest BCUT2D eigenvalue weighted by Crippen LogP contribution is 2.28. The second-order valence-electron chi connectivity index (χ2n) is 6.23. The fourth-order valence-corrected chi connectivity index (χ4v) is 3.90. The number of carbonyl (C=O) groups excluding carboxylic acids is 1. The zero-order valence-electron chi connectivity index (χ0n) is 16.3. The van der Waals surface area contributed by atoms with Crippen LogP contribution in [0.25, 0.3) is 0 Å². The number of sulfonamides is 1. The SMILES string of the molecule is CNCC(C)C(=O)Nc1ccc(C)c(S(=O)(=O)Nc2ccccc2OC)c1.Cl. The van der Waals surface area contributed by atoms with Crippen LogP contribution in [0.4, 0.5) is 11.4 Å². The lowest BCUT2D eigenvalue weighted by Crippen LogP contribution is -2.28. The third-order valence-electron chi connectivity index (χ3n) is 4.05. The summed E-state index contributed by atoms with van der Waals surface area (Å²) in [5.74, 6) is -0.0126. The van der Waals surface area contributed by atoms with Crippen molar-refractivity contribution in [1.82, 2.24) is 5.32 Å². The van der Waals surface area contributed by atoms with Gasteiger partial charge in [0.1, 0.15) is 5.75 Å². The molecule has 1 unspecified atom stereocenters. The van der Waals surface area contributed by atoms with Crippen molar-refractivity contribution in [2.75, 3.05) is 30.7 Å². The number of ether oxygens (including phenoxy) is 1. The molecule has 0 spiro atoms. The molecule has 0 heterocycles. The van der Waals surface area contributed by atoms with Gasteiger partial charge in [-0.05, 0) is 43.8 Å². The Morgan fingerprint density at radius 2 is 1.86 bits per heavy atom. The van der Waals surface area contributed by atoms with Crippen LogP contribution in [-0.2, 0) is 14.8 Å². The molecule has 0 radical (unpaired) electrons. The smallest absolute Gasteiger partial charge is 0.262 e. The van der Waals surface area contributed by atoms with Gasteiger partial charge in [-0.2, -0.15) is 0 Å². The number of para-hydroxylation sites is 2. The molecule has 1 amide bonds. The Kier molecular flexibility index (Phi) is 8.74. The van der Waals surface area contributed by atoms with E-state index in [0.717, 1.165) is 0 Å². The van der Waals surface area contributed by atoms with E-state index in [0.29, 0.717) is 29.2 Å². The first-order valence-electron chi connectivity index (χ1n) is 8.50. The summed E-state index contributed by atoms with van der Waals surface area (Å²) in [6.45, 7) is 4.02. The molecule has 9 heteroatoms. The first kappa shape index (κ1) is 23.7. The highest BCUT2D eigenvalue weighted by atomic mass is 35.5. The summed E-state index contributed by atoms with van der Waals surface area (Å²) in [4.78, 5) is 12.3. The van der Waals surface area contributed by atoms with Crippen LogP contribution in [0.2, 0.25) is 0 Å². The van der Waals surface area contributed by atoms with Crippen molar-refractivity contribution in [3.63, 3.8) is 0 Å². The van der Waals surface area contributed by atoms with Crippen LogP contribution in [-0.4, -0.2) is 35.0 Å². The summed E-state index contributed by atoms with van der Waals surface area (Å²) in [7, 11) is -0.618. The van der Waals surface area contributed by atoms with Gasteiger partial charge in [0.2, 0.25) is 5.91 Å². The van der Waals surface area contributed by atoms with Crippen molar-refractivity contribution in [2.45, 2.75) is 18.7 Å². The number of methoxy groups -OCH3 is 1. The standard InChI is InChI=1S/C19H25N3O4S.ClH/c1-13-9-10-15(21-19(23)14(2)12-20-3)11-18(13)27(24,25)22-16-7-5-6-8-17(16)26-4;/h5-11,14,20,22H,12H2,1-4H3,(H,21,23);1H. The van der Waals surface area contributed by atoms with Crippen LogP contribution in [0.15, 0.2) is 47.4 Å². The summed E-state index contributed by atoms with van der Waals surface area (Å²) in [5, 5.41) is 5.70. The first-order chi connectivity index (χ1) is 12.8. The van der Waals surface area contributed by atoms with Crippen molar-refractivity contribution in [2.24, 2.45) is 5.92 Å². The topological polar surface area (TPSA) is 96.5 Å². The zero-order chi connectivity index (χ0) is 20.0. The van der Waals surface area contributed by atoms with Crippen LogP contribution in [0.1, 0.15) is 12.5 Å². The largest absolute Gasteiger partial charge is 0.495 e. The second-order valence-corrected chi connectivity index (χ2v) is 7.88. The van der Waals surface area contributed by atoms with Gasteiger partial charge in [0, 0.05) is 18.2 Å². The van der Waals surface area contributed by atoms with Crippen LogP contribution < -0.4 is 20.1 Å². The van der Waals surface area contributed by atoms with Gasteiger partial charge < -0.3 is 15.4 Å². The van der Waals surface area contributed by atoms with Gasteiger partial charge in [0.15, 0.2) is 0 Å². The minimum atomic E-state index is -3.86. The van der Waals surface area contributed by atoms with Gasteiger partial charge in [-0.15, -0.1) is 12.4 Å². The van der Waals surface area contributed by atoms with E-state index >= 15 is 0 Å². The molecule has 1 atom stereocenters. The summed E-state index contributed by atoms with van der Waals surface area (Å²) in [6, 6.07) is 11.6. The molecule has 0 aliphatic rings. The number of amides is 1. The highest BCUT2D eigenvalue weighted by Gasteiger charge is 2.20. The molecule has 28 heavy (non-hydrogen) atoms. The lowest BCUT2D eigenvalue weighted by atomic mass is 10.1. The number of aryl methyl sites for hydroxylation is 1. The summed E-state index contributed by atoms with van der Waals surface area (Å²) >= 11 is 0. The van der Waals surface area contributed by atoms with Gasteiger partial charge in [-0.1, -0.05) is 25.1 Å². The van der Waals surface area contributed by atoms with E-state index in [4.69, 9.17) is 4.74 Å². The van der Waals surface area contributed by atoms with Crippen molar-refractivity contribution in [3.05, 3.63) is 48.0 Å². The maximum atomic E-state index is 12.9. The maximum absolute atomic E-state index is 12.9. The van der Waals surface area contributed by atoms with Crippen LogP contribution in [0.5, 0.6) is 5.75 Å². The Bertz CT molecular complexity index is 919. The Hall–Kier alpha value is -2.29. The molecule has 0 aromatic heterocycles. The number of halogens is 1. The van der Waals surface area contributed by atoms with E-state index in [-0.39, 0.29) is 29.1 Å². The molecule has 2 aromatic carbocycles. The molecular formula is C19H26ClN3O4S. The molecule has 0 bridgehead atoms. The minimum absolute atomic E-state index is 0. The Balaban J connectivity index is 0.00000392. The van der Waals surface area contributed by atoms with Crippen molar-refractivity contribution < 1.29 is 17.9 Å². The second kappa shape index (κ2) is 10.3. The first-order valence-corrected chi connectivity index (χ1v) is 9.98. The number of rotatable bonds is 8. The fourth-order valence-electron chi connectivity index (χ4n) is 2.56. The summed E-state index contributed by atoms with van der Waals surface area (Å²) < 4.78 is 33.5. The molecule has 0 aliphatic heterocycles. The average Bonchev–Trinajstić information content (AvgIpc) is 2.63. The fraction of sp³-hybridized carbons (Fsp3) is 0.316. The predicted octanol–water partition coefficient (Wildman–Crippen LogP) is 3.02. The molecule has 2 aromatic rings. The van der Waals surface area contributed by atoms with Gasteiger partial charge >= 0.3 is 0 Å². The summed E-state index contributed by atoms with van der Waals surface area (Å²) in [6.07, 6.45) is 0. The van der Waals surface area contributed by atoms with Gasteiger partial charge in [-0.3, -0.25) is 9.52 Å². The van der Waals surface area contributed by atoms with Crippen LogP contribution >= 0.6 is 12.4 Å². The number of nitrogens with one attached hydrogen (secondary N) is 3. The third kappa shape index (κ3) is 5.85. The average molecular weight is 428 g/mol. The molecule has 0 fully saturated rings. The maximum Gasteiger partial charge on any atom is 0.262 e. The Morgan fingerprint density at radius 3 is 2.50 bits per heavy atom. The molecule has 0 saturated heterocycles. The van der Waals surface area contributed by atoms with E-state index in [1.807, 2.05) is 0 Å². The van der Waals surface area contributed by atoms with Crippen LogP contribution in [0.3, 0.4) is 0 Å². The molecule has 154 valence electrons. The molecule has 0 saturated carbocycles. The normalized spacial score (nSPS) is 11.9. The number of hydrogen-bond donors (Lipinski definition) is 3. The van der Waals surface area contributed by atoms with Gasteiger partial charge in [0.05, 0.1) is 17.7 Å². The number of carbonyl (C=O) groups is 1. The van der Waals surface area contributed by atoms with Crippen molar-refractivity contribution in [1.29, 1.82) is 0 Å². The monoisotopic (exact) mass is 427 g/mol. The molecule has 3 N–H and O–H groups in total. The Morgan fingerprint density at radius 1 is 1.18 bits per heavy atom. The molecule has 2 rings (SSSR count). The molecule has 7 nitrogen and oxygen atoms in total. The predicted molar refractivity (Wildman–Crippen MR) is 114 cm³/mol. The van der Waals surface area contributed by atoms with Gasteiger partial charge in [-0.25, -0.2) is 8.42 Å². The van der Waals surface area contributed by atoms with E-state index in [2.05, 4.69) is 15.4 Å². The van der Waals surface area contributed by atoms with E-state index in [1.165, 1.54) is 13.2 Å². The summed E-state index contributed by atoms with van der Waals surface area (Å²) in [5.41, 5.74) is 1.34. The molecular weight excluding hydrogens is 402 g/mol. The zero-order valence-corrected chi connectivity index (χ0v) is 17.9. The van der Waals surface area contributed by atoms with Gasteiger partial charge in [0.25, 0.3) is 10.0 Å². The van der Waals surface area contributed by atoms with E-state index in [1.54, 1.807) is 57.3 Å². The number of hydrogen-bond acceptors (Lipinski definition) is 5. The van der Waals surface area contributed by atoms with Crippen molar-refractivity contribution in [3.8, 4) is 5.75 Å². The highest BCUT2D eigenvalue weighted by molar-refractivity contribution is 7.92. The quantitative estimate of drug-likeness (QED) is 0.601. The number of benzene rings is 2.